The molecule has 2 fully saturated rings. The Labute approximate surface area is 131 Å². The molecule has 2 heterocycles. The highest BCUT2D eigenvalue weighted by atomic mass is 32.2. The summed E-state index contributed by atoms with van der Waals surface area (Å²) in [5.41, 5.74) is 1.19. The first kappa shape index (κ1) is 14.9. The van der Waals surface area contributed by atoms with Gasteiger partial charge in [0.25, 0.3) is 0 Å². The Morgan fingerprint density at radius 3 is 2.67 bits per heavy atom. The van der Waals surface area contributed by atoms with E-state index in [0.717, 1.165) is 29.7 Å². The Morgan fingerprint density at radius 1 is 1.19 bits per heavy atom. The number of carbonyl (C=O) groups excluding carboxylic acids is 1. The van der Waals surface area contributed by atoms with Crippen molar-refractivity contribution in [3.63, 3.8) is 0 Å². The molecule has 1 aromatic heterocycles. The number of aromatic nitrogens is 1. The lowest BCUT2D eigenvalue weighted by Crippen LogP contribution is -2.28. The third kappa shape index (κ3) is 3.60. The molecule has 1 amide bonds. The van der Waals surface area contributed by atoms with Crippen LogP contribution < -0.4 is 0 Å². The molecular formula is C17H24N2OS. The first-order chi connectivity index (χ1) is 10.2. The lowest BCUT2D eigenvalue weighted by molar-refractivity contribution is -0.129. The molecule has 1 aromatic rings. The van der Waals surface area contributed by atoms with E-state index in [-0.39, 0.29) is 11.9 Å². The molecule has 0 unspecified atom stereocenters. The molecular weight excluding hydrogens is 280 g/mol. The van der Waals surface area contributed by atoms with Crippen molar-refractivity contribution in [1.29, 1.82) is 0 Å². The zero-order chi connectivity index (χ0) is 14.7. The maximum Gasteiger partial charge on any atom is 0.219 e. The Hall–Kier alpha value is -1.03. The van der Waals surface area contributed by atoms with Crippen LogP contribution in [0.1, 0.15) is 63.5 Å². The van der Waals surface area contributed by atoms with Gasteiger partial charge < -0.3 is 4.90 Å². The number of thioether (sulfide) groups is 1. The van der Waals surface area contributed by atoms with Crippen molar-refractivity contribution in [3.8, 4) is 0 Å². The zero-order valence-electron chi connectivity index (χ0n) is 12.8. The molecule has 114 valence electrons. The highest BCUT2D eigenvalue weighted by Gasteiger charge is 2.28. The van der Waals surface area contributed by atoms with Crippen LogP contribution in [0.25, 0.3) is 0 Å². The molecule has 1 saturated heterocycles. The molecule has 1 saturated carbocycles. The number of nitrogens with zero attached hydrogens (tertiary/aromatic N) is 2. The van der Waals surface area contributed by atoms with E-state index in [9.17, 15) is 4.79 Å². The first-order valence-corrected chi connectivity index (χ1v) is 9.02. The molecule has 0 bridgehead atoms. The third-order valence-corrected chi connectivity index (χ3v) is 5.93. The van der Waals surface area contributed by atoms with Gasteiger partial charge in [-0.25, -0.2) is 4.98 Å². The standard InChI is InChI=1S/C17H24N2OS/c1-13(20)19-11-5-8-16(19)14-9-10-17(18-12-14)21-15-6-3-2-4-7-15/h9-10,12,15-16H,2-8,11H2,1H3/t16-/m0/s1. The van der Waals surface area contributed by atoms with Crippen LogP contribution in [0.5, 0.6) is 0 Å². The van der Waals surface area contributed by atoms with Gasteiger partial charge in [0.2, 0.25) is 5.91 Å². The van der Waals surface area contributed by atoms with E-state index in [2.05, 4.69) is 17.1 Å². The Kier molecular flexibility index (Phi) is 4.84. The quantitative estimate of drug-likeness (QED) is 0.839. The van der Waals surface area contributed by atoms with E-state index in [4.69, 9.17) is 0 Å². The number of pyridine rings is 1. The highest BCUT2D eigenvalue weighted by molar-refractivity contribution is 7.99. The Balaban J connectivity index is 1.64. The summed E-state index contributed by atoms with van der Waals surface area (Å²) in [6.07, 6.45) is 10.9. The number of hydrogen-bond acceptors (Lipinski definition) is 3. The number of amides is 1. The number of carbonyl (C=O) groups is 1. The molecule has 4 heteroatoms. The van der Waals surface area contributed by atoms with Crippen LogP contribution in [0, 0.1) is 0 Å². The summed E-state index contributed by atoms with van der Waals surface area (Å²) in [6, 6.07) is 4.55. The average Bonchev–Trinajstić information content (AvgIpc) is 2.99. The Bertz CT molecular complexity index is 482. The summed E-state index contributed by atoms with van der Waals surface area (Å²) >= 11 is 1.93. The third-order valence-electron chi connectivity index (χ3n) is 4.64. The van der Waals surface area contributed by atoms with Crippen LogP contribution in [-0.4, -0.2) is 27.6 Å². The molecule has 1 aliphatic carbocycles. The van der Waals surface area contributed by atoms with Crippen LogP contribution in [0.2, 0.25) is 0 Å². The van der Waals surface area contributed by atoms with E-state index in [1.807, 2.05) is 22.9 Å². The van der Waals surface area contributed by atoms with Crippen LogP contribution in [-0.2, 0) is 4.79 Å². The summed E-state index contributed by atoms with van der Waals surface area (Å²) in [5, 5.41) is 1.88. The highest BCUT2D eigenvalue weighted by Crippen LogP contribution is 2.35. The summed E-state index contributed by atoms with van der Waals surface area (Å²) in [6.45, 7) is 2.55. The van der Waals surface area contributed by atoms with Gasteiger partial charge >= 0.3 is 0 Å². The molecule has 0 radical (unpaired) electrons. The molecule has 3 nitrogen and oxygen atoms in total. The summed E-state index contributed by atoms with van der Waals surface area (Å²) in [5.74, 6) is 0.179. The van der Waals surface area contributed by atoms with Gasteiger partial charge in [-0.2, -0.15) is 0 Å². The monoisotopic (exact) mass is 304 g/mol. The molecule has 3 rings (SSSR count). The topological polar surface area (TPSA) is 33.2 Å². The molecule has 1 aliphatic heterocycles. The van der Waals surface area contributed by atoms with Gasteiger partial charge in [-0.1, -0.05) is 25.3 Å². The van der Waals surface area contributed by atoms with Crippen molar-refractivity contribution in [2.45, 2.75) is 68.2 Å². The SMILES string of the molecule is CC(=O)N1CCC[C@H]1c1ccc(SC2CCCCC2)nc1. The normalized spacial score (nSPS) is 23.5. The lowest BCUT2D eigenvalue weighted by Gasteiger charge is -2.24. The van der Waals surface area contributed by atoms with Crippen molar-refractivity contribution in [3.05, 3.63) is 23.9 Å². The predicted octanol–water partition coefficient (Wildman–Crippen LogP) is 4.19. The summed E-state index contributed by atoms with van der Waals surface area (Å²) in [7, 11) is 0. The maximum atomic E-state index is 11.7. The van der Waals surface area contributed by atoms with Gasteiger partial charge in [0.15, 0.2) is 0 Å². The number of likely N-dealkylation sites (tertiary alicyclic amines) is 1. The second-order valence-electron chi connectivity index (χ2n) is 6.18. The molecule has 0 aromatic carbocycles. The second kappa shape index (κ2) is 6.82. The van der Waals surface area contributed by atoms with Crippen molar-refractivity contribution < 1.29 is 4.79 Å². The van der Waals surface area contributed by atoms with Gasteiger partial charge in [0.1, 0.15) is 0 Å². The van der Waals surface area contributed by atoms with Gasteiger partial charge in [0.05, 0.1) is 11.1 Å². The minimum Gasteiger partial charge on any atom is -0.336 e. The van der Waals surface area contributed by atoms with Crippen LogP contribution >= 0.6 is 11.8 Å². The fourth-order valence-electron chi connectivity index (χ4n) is 3.50. The summed E-state index contributed by atoms with van der Waals surface area (Å²) in [4.78, 5) is 18.3. The molecule has 2 aliphatic rings. The smallest absolute Gasteiger partial charge is 0.219 e. The minimum absolute atomic E-state index is 0.179. The molecule has 21 heavy (non-hydrogen) atoms. The largest absolute Gasteiger partial charge is 0.336 e. The molecule has 1 atom stereocenters. The number of rotatable bonds is 3. The van der Waals surface area contributed by atoms with Gasteiger partial charge in [0, 0.05) is 24.9 Å². The van der Waals surface area contributed by atoms with E-state index in [1.54, 1.807) is 6.92 Å². The second-order valence-corrected chi connectivity index (χ2v) is 7.50. The van der Waals surface area contributed by atoms with Crippen molar-refractivity contribution >= 4 is 17.7 Å². The molecule has 0 N–H and O–H groups in total. The van der Waals surface area contributed by atoms with E-state index >= 15 is 0 Å². The maximum absolute atomic E-state index is 11.7. The van der Waals surface area contributed by atoms with Crippen LogP contribution in [0.3, 0.4) is 0 Å². The van der Waals surface area contributed by atoms with Gasteiger partial charge in [-0.15, -0.1) is 11.8 Å². The zero-order valence-corrected chi connectivity index (χ0v) is 13.6. The molecule has 0 spiro atoms. The van der Waals surface area contributed by atoms with E-state index in [1.165, 1.54) is 37.7 Å². The van der Waals surface area contributed by atoms with E-state index < -0.39 is 0 Å². The van der Waals surface area contributed by atoms with Crippen LogP contribution in [0.4, 0.5) is 0 Å². The van der Waals surface area contributed by atoms with E-state index in [0.29, 0.717) is 0 Å². The summed E-state index contributed by atoms with van der Waals surface area (Å²) < 4.78 is 0. The van der Waals surface area contributed by atoms with Crippen molar-refractivity contribution in [2.75, 3.05) is 6.54 Å². The van der Waals surface area contributed by atoms with Crippen molar-refractivity contribution in [2.24, 2.45) is 0 Å². The minimum atomic E-state index is 0.179. The predicted molar refractivity (Wildman–Crippen MR) is 86.3 cm³/mol. The lowest BCUT2D eigenvalue weighted by atomic mass is 10.0. The first-order valence-electron chi connectivity index (χ1n) is 8.14. The van der Waals surface area contributed by atoms with Gasteiger partial charge in [-0.05, 0) is 37.3 Å². The Morgan fingerprint density at radius 2 is 2.00 bits per heavy atom. The van der Waals surface area contributed by atoms with Gasteiger partial charge in [-0.3, -0.25) is 4.79 Å². The fourth-order valence-corrected chi connectivity index (χ4v) is 4.67. The van der Waals surface area contributed by atoms with Crippen LogP contribution in [0.15, 0.2) is 23.4 Å². The van der Waals surface area contributed by atoms with Crippen molar-refractivity contribution in [1.82, 2.24) is 9.88 Å². The average molecular weight is 304 g/mol. The number of hydrogen-bond donors (Lipinski definition) is 0. The fraction of sp³-hybridized carbons (Fsp3) is 0.647.